The summed E-state index contributed by atoms with van der Waals surface area (Å²) in [6.07, 6.45) is 0.640. The Balaban J connectivity index is 1.28. The molecule has 1 amide bonds. The Morgan fingerprint density at radius 2 is 2.15 bits per heavy atom. The summed E-state index contributed by atoms with van der Waals surface area (Å²) < 4.78 is 11.2. The minimum Gasteiger partial charge on any atom is -0.475 e. The molecule has 2 aliphatic rings. The molecule has 5 heterocycles. The maximum Gasteiger partial charge on any atom is 0.263 e. The van der Waals surface area contributed by atoms with Crippen molar-refractivity contribution in [2.24, 2.45) is 11.7 Å². The summed E-state index contributed by atoms with van der Waals surface area (Å²) in [6, 6.07) is 5.89. The summed E-state index contributed by atoms with van der Waals surface area (Å²) in [5, 5.41) is 3.94. The predicted octanol–water partition coefficient (Wildman–Crippen LogP) is 2.03. The number of carbonyl (C=O) groups is 1. The Morgan fingerprint density at radius 3 is 2.94 bits per heavy atom. The molecule has 9 nitrogen and oxygen atoms in total. The number of aryl methyl sites for hydroxylation is 2. The van der Waals surface area contributed by atoms with Crippen molar-refractivity contribution in [3.63, 3.8) is 0 Å². The lowest BCUT2D eigenvalue weighted by molar-refractivity contribution is 0.0918. The maximum absolute atomic E-state index is 13.0. The molecule has 0 radical (unpaired) electrons. The number of thiophene rings is 1. The summed E-state index contributed by atoms with van der Waals surface area (Å²) >= 11 is 1.33. The summed E-state index contributed by atoms with van der Waals surface area (Å²) in [7, 11) is 1.70. The molecule has 3 atom stereocenters. The van der Waals surface area contributed by atoms with Crippen molar-refractivity contribution in [1.29, 1.82) is 0 Å². The number of methoxy groups -OCH3 is 1. The van der Waals surface area contributed by atoms with Crippen LogP contribution in [0.2, 0.25) is 0 Å². The molecule has 5 rings (SSSR count). The van der Waals surface area contributed by atoms with Gasteiger partial charge in [-0.1, -0.05) is 0 Å². The first-order chi connectivity index (χ1) is 16.3. The van der Waals surface area contributed by atoms with E-state index in [1.165, 1.54) is 11.3 Å². The average molecular weight is 483 g/mol. The maximum atomic E-state index is 13.0. The number of anilines is 2. The van der Waals surface area contributed by atoms with Crippen molar-refractivity contribution < 1.29 is 14.3 Å². The zero-order chi connectivity index (χ0) is 24.0. The van der Waals surface area contributed by atoms with Gasteiger partial charge in [0.2, 0.25) is 5.88 Å². The van der Waals surface area contributed by atoms with Gasteiger partial charge in [-0.15, -0.1) is 11.3 Å². The number of rotatable bonds is 5. The second-order valence-electron chi connectivity index (χ2n) is 9.21. The van der Waals surface area contributed by atoms with Gasteiger partial charge in [0.25, 0.3) is 5.91 Å². The molecular formula is C24H30N6O3S. The van der Waals surface area contributed by atoms with Gasteiger partial charge in [-0.2, -0.15) is 4.98 Å². The number of pyridine rings is 2. The number of aromatic nitrogens is 2. The van der Waals surface area contributed by atoms with Crippen LogP contribution in [-0.4, -0.2) is 61.4 Å². The van der Waals surface area contributed by atoms with Crippen molar-refractivity contribution in [2.75, 3.05) is 44.0 Å². The van der Waals surface area contributed by atoms with Crippen LogP contribution in [0.25, 0.3) is 10.2 Å². The first kappa shape index (κ1) is 22.8. The normalized spacial score (nSPS) is 22.0. The first-order valence-electron chi connectivity index (χ1n) is 11.4. The number of hydrogen-bond donors (Lipinski definition) is 3. The first-order valence-corrected chi connectivity index (χ1v) is 12.2. The fourth-order valence-electron chi connectivity index (χ4n) is 4.88. The number of nitrogen functional groups attached to an aromatic ring is 1. The number of hydrogen-bond acceptors (Lipinski definition) is 9. The van der Waals surface area contributed by atoms with E-state index in [4.69, 9.17) is 25.9 Å². The lowest BCUT2D eigenvalue weighted by Gasteiger charge is -2.27. The Morgan fingerprint density at radius 1 is 1.32 bits per heavy atom. The third-order valence-electron chi connectivity index (χ3n) is 6.57. The number of ether oxygens (including phenoxy) is 2. The minimum atomic E-state index is -0.200. The fraction of sp³-hybridized carbons (Fsp3) is 0.458. The molecule has 2 aliphatic heterocycles. The van der Waals surface area contributed by atoms with Gasteiger partial charge in [-0.3, -0.25) is 4.79 Å². The van der Waals surface area contributed by atoms with Gasteiger partial charge in [0, 0.05) is 55.2 Å². The molecule has 0 bridgehead atoms. The second kappa shape index (κ2) is 9.01. The summed E-state index contributed by atoms with van der Waals surface area (Å²) in [4.78, 5) is 25.8. The summed E-state index contributed by atoms with van der Waals surface area (Å²) in [5.41, 5.74) is 16.0. The molecule has 3 aromatic heterocycles. The van der Waals surface area contributed by atoms with Gasteiger partial charge in [-0.05, 0) is 37.6 Å². The Bertz CT molecular complexity index is 1250. The van der Waals surface area contributed by atoms with Crippen LogP contribution in [0, 0.1) is 19.8 Å². The molecular weight excluding hydrogens is 452 g/mol. The number of nitrogens with two attached hydrogens (primary N) is 2. The molecule has 0 saturated carbocycles. The van der Waals surface area contributed by atoms with E-state index in [1.807, 2.05) is 32.0 Å². The number of nitrogens with zero attached hydrogens (tertiary/aromatic N) is 3. The van der Waals surface area contributed by atoms with Crippen LogP contribution in [0.1, 0.15) is 26.5 Å². The molecule has 10 heteroatoms. The highest BCUT2D eigenvalue weighted by atomic mass is 32.1. The molecule has 5 N–H and O–H groups in total. The van der Waals surface area contributed by atoms with Crippen LogP contribution in [0.15, 0.2) is 18.2 Å². The molecule has 0 spiro atoms. The van der Waals surface area contributed by atoms with Gasteiger partial charge < -0.3 is 31.2 Å². The Labute approximate surface area is 202 Å². The topological polar surface area (TPSA) is 129 Å². The second-order valence-corrected chi connectivity index (χ2v) is 10.2. The van der Waals surface area contributed by atoms with Gasteiger partial charge in [0.15, 0.2) is 0 Å². The van der Waals surface area contributed by atoms with Crippen molar-refractivity contribution in [1.82, 2.24) is 15.3 Å². The van der Waals surface area contributed by atoms with Gasteiger partial charge in [0.05, 0.1) is 18.3 Å². The predicted molar refractivity (Wildman–Crippen MR) is 134 cm³/mol. The van der Waals surface area contributed by atoms with Crippen molar-refractivity contribution in [2.45, 2.75) is 32.4 Å². The van der Waals surface area contributed by atoms with E-state index >= 15 is 0 Å². The van der Waals surface area contributed by atoms with Crippen molar-refractivity contribution >= 4 is 39.0 Å². The monoisotopic (exact) mass is 482 g/mol. The van der Waals surface area contributed by atoms with Crippen LogP contribution in [0.4, 0.5) is 11.5 Å². The molecule has 34 heavy (non-hydrogen) atoms. The van der Waals surface area contributed by atoms with E-state index in [0.29, 0.717) is 36.1 Å². The molecule has 1 fully saturated rings. The highest BCUT2D eigenvalue weighted by molar-refractivity contribution is 7.21. The molecule has 1 saturated heterocycles. The summed E-state index contributed by atoms with van der Waals surface area (Å²) in [5.74, 6) is 1.55. The van der Waals surface area contributed by atoms with Crippen molar-refractivity contribution in [3.05, 3.63) is 39.9 Å². The van der Waals surface area contributed by atoms with Crippen LogP contribution >= 0.6 is 11.3 Å². The molecule has 0 aliphatic carbocycles. The van der Waals surface area contributed by atoms with Crippen LogP contribution in [0.3, 0.4) is 0 Å². The largest absolute Gasteiger partial charge is 0.475 e. The Hall–Kier alpha value is -2.95. The van der Waals surface area contributed by atoms with E-state index in [9.17, 15) is 4.79 Å². The lowest BCUT2D eigenvalue weighted by atomic mass is 10.1. The summed E-state index contributed by atoms with van der Waals surface area (Å²) in [6.45, 7) is 6.46. The third-order valence-corrected chi connectivity index (χ3v) is 7.67. The zero-order valence-electron chi connectivity index (χ0n) is 19.6. The quantitative estimate of drug-likeness (QED) is 0.504. The van der Waals surface area contributed by atoms with E-state index in [0.717, 1.165) is 45.9 Å². The number of carbonyl (C=O) groups excluding carboxylic acids is 1. The molecule has 0 unspecified atom stereocenters. The van der Waals surface area contributed by atoms with Crippen LogP contribution < -0.4 is 26.4 Å². The molecule has 0 aromatic carbocycles. The number of amides is 1. The van der Waals surface area contributed by atoms with Gasteiger partial charge >= 0.3 is 0 Å². The van der Waals surface area contributed by atoms with E-state index in [-0.39, 0.29) is 23.9 Å². The average Bonchev–Trinajstić information content (AvgIpc) is 3.33. The van der Waals surface area contributed by atoms with Crippen LogP contribution in [0.5, 0.6) is 5.88 Å². The zero-order valence-corrected chi connectivity index (χ0v) is 20.4. The fourth-order valence-corrected chi connectivity index (χ4v) is 5.99. The standard InChI is InChI=1S/C24H30N6O3S/c1-12-6-13(2)27-24-19(12)20(26)21(34-24)22(31)28-16-7-14-4-5-18(29-23(14)33-11-16)30-8-15(10-32-3)17(25)9-30/h4-6,15-17H,7-11,25-26H2,1-3H3,(H,28,31)/t15-,16-,17-/m1/s1. The van der Waals surface area contributed by atoms with Crippen LogP contribution in [-0.2, 0) is 11.2 Å². The van der Waals surface area contributed by atoms with E-state index in [2.05, 4.69) is 15.2 Å². The minimum absolute atomic E-state index is 0.0579. The molecule has 3 aromatic rings. The van der Waals surface area contributed by atoms with E-state index in [1.54, 1.807) is 7.11 Å². The smallest absolute Gasteiger partial charge is 0.263 e. The highest BCUT2D eigenvalue weighted by Gasteiger charge is 2.32. The number of fused-ring (bicyclic) bond motifs is 2. The molecule has 180 valence electrons. The Kier molecular flexibility index (Phi) is 6.05. The SMILES string of the molecule is COC[C@H]1CN(c2ccc3c(n2)OC[C@H](NC(=O)c2sc4nc(C)cc(C)c4c2N)C3)C[C@H]1N. The number of nitrogens with one attached hydrogen (secondary N) is 1. The van der Waals surface area contributed by atoms with Crippen molar-refractivity contribution in [3.8, 4) is 5.88 Å². The highest BCUT2D eigenvalue weighted by Crippen LogP contribution is 2.35. The third kappa shape index (κ3) is 4.17. The van der Waals surface area contributed by atoms with Gasteiger partial charge in [-0.25, -0.2) is 4.98 Å². The van der Waals surface area contributed by atoms with Gasteiger partial charge in [0.1, 0.15) is 22.1 Å². The van der Waals surface area contributed by atoms with E-state index < -0.39 is 0 Å². The lowest BCUT2D eigenvalue weighted by Crippen LogP contribution is -2.43.